The molecule has 8 nitrogen and oxygen atoms in total. The Bertz CT molecular complexity index is 1120. The molecule has 0 radical (unpaired) electrons. The second kappa shape index (κ2) is 7.75. The minimum atomic E-state index is -0.770. The molecule has 1 N–H and O–H groups in total. The number of hydrogen-bond donors (Lipinski definition) is 1. The summed E-state index contributed by atoms with van der Waals surface area (Å²) in [5.41, 5.74) is 2.45. The first kappa shape index (κ1) is 19.3. The summed E-state index contributed by atoms with van der Waals surface area (Å²) in [5.74, 6) is -0.955. The van der Waals surface area contributed by atoms with Crippen LogP contribution in [0.2, 0.25) is 0 Å². The van der Waals surface area contributed by atoms with Gasteiger partial charge < -0.3 is 13.9 Å². The zero-order valence-corrected chi connectivity index (χ0v) is 16.5. The highest BCUT2D eigenvalue weighted by Crippen LogP contribution is 2.21. The second-order valence-corrected chi connectivity index (χ2v) is 7.00. The van der Waals surface area contributed by atoms with E-state index in [1.54, 1.807) is 18.2 Å². The van der Waals surface area contributed by atoms with E-state index >= 15 is 0 Å². The molecule has 0 aliphatic carbocycles. The molecule has 0 atom stereocenters. The third-order valence-corrected chi connectivity index (χ3v) is 4.80. The largest absolute Gasteiger partial charge is 0.467 e. The molecule has 3 aromatic rings. The molecule has 0 bridgehead atoms. The number of rotatable bonds is 5. The second-order valence-electron chi connectivity index (χ2n) is 7.00. The molecule has 0 unspecified atom stereocenters. The average Bonchev–Trinajstić information content (AvgIpc) is 3.40. The Morgan fingerprint density at radius 1 is 1.03 bits per heavy atom. The Kier molecular flexibility index (Phi) is 4.97. The highest BCUT2D eigenvalue weighted by Gasteiger charge is 2.36. The van der Waals surface area contributed by atoms with Crippen LogP contribution in [0.1, 0.15) is 11.5 Å². The van der Waals surface area contributed by atoms with Gasteiger partial charge in [-0.3, -0.25) is 19.8 Å². The summed E-state index contributed by atoms with van der Waals surface area (Å²) in [7, 11) is 3.92. The number of furan rings is 1. The van der Waals surface area contributed by atoms with Gasteiger partial charge in [-0.2, -0.15) is 0 Å². The summed E-state index contributed by atoms with van der Waals surface area (Å²) in [6.45, 7) is -0.0602. The Hall–Kier alpha value is -4.07. The molecule has 1 fully saturated rings. The van der Waals surface area contributed by atoms with E-state index in [1.807, 2.05) is 60.1 Å². The predicted molar refractivity (Wildman–Crippen MR) is 111 cm³/mol. The van der Waals surface area contributed by atoms with Crippen molar-refractivity contribution in [1.29, 1.82) is 0 Å². The molecule has 0 saturated carbocycles. The van der Waals surface area contributed by atoms with Crippen LogP contribution in [0, 0.1) is 0 Å². The number of nitrogens with one attached hydrogen (secondary N) is 1. The Balaban J connectivity index is 1.65. The molecule has 3 heterocycles. The van der Waals surface area contributed by atoms with Crippen molar-refractivity contribution in [3.63, 3.8) is 0 Å². The van der Waals surface area contributed by atoms with Crippen LogP contribution in [0.3, 0.4) is 0 Å². The van der Waals surface area contributed by atoms with E-state index in [0.717, 1.165) is 16.3 Å². The first-order chi connectivity index (χ1) is 14.4. The van der Waals surface area contributed by atoms with Gasteiger partial charge in [-0.1, -0.05) is 0 Å². The summed E-state index contributed by atoms with van der Waals surface area (Å²) < 4.78 is 7.08. The van der Waals surface area contributed by atoms with Gasteiger partial charge in [-0.05, 0) is 54.6 Å². The van der Waals surface area contributed by atoms with Crippen LogP contribution in [0.15, 0.2) is 71.0 Å². The number of barbiturate groups is 1. The third-order valence-electron chi connectivity index (χ3n) is 4.80. The van der Waals surface area contributed by atoms with E-state index < -0.39 is 17.8 Å². The minimum absolute atomic E-state index is 0.0602. The van der Waals surface area contributed by atoms with E-state index in [4.69, 9.17) is 4.42 Å². The molecule has 1 aliphatic rings. The van der Waals surface area contributed by atoms with Crippen LogP contribution in [0.5, 0.6) is 0 Å². The molecule has 4 rings (SSSR count). The summed E-state index contributed by atoms with van der Waals surface area (Å²) in [5, 5.41) is 2.22. The quantitative estimate of drug-likeness (QED) is 0.522. The zero-order chi connectivity index (χ0) is 21.3. The van der Waals surface area contributed by atoms with E-state index in [0.29, 0.717) is 11.5 Å². The minimum Gasteiger partial charge on any atom is -0.467 e. The van der Waals surface area contributed by atoms with Gasteiger partial charge >= 0.3 is 6.03 Å². The number of carbonyl (C=O) groups is 3. The molecular weight excluding hydrogens is 384 g/mol. The highest BCUT2D eigenvalue weighted by atomic mass is 16.3. The van der Waals surface area contributed by atoms with Crippen molar-refractivity contribution < 1.29 is 18.8 Å². The lowest BCUT2D eigenvalue weighted by molar-refractivity contribution is -0.130. The van der Waals surface area contributed by atoms with E-state index in [-0.39, 0.29) is 12.1 Å². The average molecular weight is 404 g/mol. The molecule has 0 spiro atoms. The van der Waals surface area contributed by atoms with Crippen molar-refractivity contribution in [3.05, 3.63) is 78.0 Å². The van der Waals surface area contributed by atoms with Gasteiger partial charge in [0.05, 0.1) is 12.8 Å². The topological polar surface area (TPSA) is 87.8 Å². The van der Waals surface area contributed by atoms with Gasteiger partial charge in [0.25, 0.3) is 11.8 Å². The van der Waals surface area contributed by atoms with Crippen LogP contribution in [-0.4, -0.2) is 41.4 Å². The number of hydrogen-bond acceptors (Lipinski definition) is 5. The standard InChI is InChI=1S/C22H20N4O4/c1-24(2)15-7-9-16(10-8-15)25-11-3-5-17(25)13-19-20(27)23-22(29)26(21(19)28)14-18-6-4-12-30-18/h3-13H,14H2,1-2H3,(H,23,27,29). The molecule has 1 saturated heterocycles. The first-order valence-electron chi connectivity index (χ1n) is 9.30. The third kappa shape index (κ3) is 3.62. The van der Waals surface area contributed by atoms with Gasteiger partial charge in [-0.25, -0.2) is 4.79 Å². The summed E-state index contributed by atoms with van der Waals surface area (Å²) >= 11 is 0. The van der Waals surface area contributed by atoms with E-state index in [1.165, 1.54) is 12.3 Å². The molecule has 8 heteroatoms. The van der Waals surface area contributed by atoms with Crippen molar-refractivity contribution >= 4 is 29.6 Å². The normalized spacial score (nSPS) is 15.6. The van der Waals surface area contributed by atoms with Crippen molar-refractivity contribution in [1.82, 2.24) is 14.8 Å². The molecule has 1 aliphatic heterocycles. The zero-order valence-electron chi connectivity index (χ0n) is 16.5. The summed E-state index contributed by atoms with van der Waals surface area (Å²) in [6, 6.07) is 14.0. The maximum atomic E-state index is 12.9. The maximum absolute atomic E-state index is 12.9. The van der Waals surface area contributed by atoms with Gasteiger partial charge in [0.1, 0.15) is 11.3 Å². The monoisotopic (exact) mass is 404 g/mol. The molecular formula is C22H20N4O4. The number of carbonyl (C=O) groups excluding carboxylic acids is 3. The van der Waals surface area contributed by atoms with Gasteiger partial charge in [0.2, 0.25) is 0 Å². The van der Waals surface area contributed by atoms with Crippen LogP contribution in [0.25, 0.3) is 11.8 Å². The lowest BCUT2D eigenvalue weighted by Crippen LogP contribution is -2.53. The molecule has 30 heavy (non-hydrogen) atoms. The maximum Gasteiger partial charge on any atom is 0.331 e. The van der Waals surface area contributed by atoms with Crippen molar-refractivity contribution in [2.75, 3.05) is 19.0 Å². The molecule has 2 aromatic heterocycles. The van der Waals surface area contributed by atoms with Crippen molar-refractivity contribution in [3.8, 4) is 5.69 Å². The molecule has 4 amide bonds. The van der Waals surface area contributed by atoms with Crippen LogP contribution in [-0.2, 0) is 16.1 Å². The summed E-state index contributed by atoms with van der Waals surface area (Å²) in [4.78, 5) is 40.4. The fourth-order valence-corrected chi connectivity index (χ4v) is 3.20. The number of imide groups is 2. The number of aromatic nitrogens is 1. The summed E-state index contributed by atoms with van der Waals surface area (Å²) in [6.07, 6.45) is 4.78. The number of anilines is 1. The lowest BCUT2D eigenvalue weighted by Gasteiger charge is -2.25. The van der Waals surface area contributed by atoms with Crippen LogP contribution >= 0.6 is 0 Å². The number of amides is 4. The van der Waals surface area contributed by atoms with E-state index in [9.17, 15) is 14.4 Å². The fourth-order valence-electron chi connectivity index (χ4n) is 3.20. The number of nitrogens with zero attached hydrogens (tertiary/aromatic N) is 3. The van der Waals surface area contributed by atoms with Gasteiger partial charge in [0.15, 0.2) is 0 Å². The Morgan fingerprint density at radius 2 is 1.80 bits per heavy atom. The van der Waals surface area contributed by atoms with E-state index in [2.05, 4.69) is 5.32 Å². The van der Waals surface area contributed by atoms with Crippen molar-refractivity contribution in [2.45, 2.75) is 6.54 Å². The first-order valence-corrected chi connectivity index (χ1v) is 9.30. The van der Waals surface area contributed by atoms with Gasteiger partial charge in [0, 0.05) is 37.4 Å². The lowest BCUT2D eigenvalue weighted by atomic mass is 10.1. The molecule has 152 valence electrons. The Labute approximate surface area is 173 Å². The SMILES string of the molecule is CN(C)c1ccc(-n2cccc2C=C2C(=O)NC(=O)N(Cc3ccco3)C2=O)cc1. The van der Waals surface area contributed by atoms with Crippen molar-refractivity contribution in [2.24, 2.45) is 0 Å². The predicted octanol–water partition coefficient (Wildman–Crippen LogP) is 2.80. The smallest absolute Gasteiger partial charge is 0.331 e. The van der Waals surface area contributed by atoms with Crippen LogP contribution in [0.4, 0.5) is 10.5 Å². The van der Waals surface area contributed by atoms with Gasteiger partial charge in [-0.15, -0.1) is 0 Å². The fraction of sp³-hybridized carbons (Fsp3) is 0.136. The highest BCUT2D eigenvalue weighted by molar-refractivity contribution is 6.30. The van der Waals surface area contributed by atoms with Crippen LogP contribution < -0.4 is 10.2 Å². The number of benzene rings is 1. The Morgan fingerprint density at radius 3 is 2.47 bits per heavy atom. The molecule has 1 aromatic carbocycles. The number of urea groups is 1.